The van der Waals surface area contributed by atoms with Crippen molar-refractivity contribution < 1.29 is 9.59 Å². The molecule has 0 spiro atoms. The van der Waals surface area contributed by atoms with Crippen LogP contribution in [0.1, 0.15) is 28.7 Å². The van der Waals surface area contributed by atoms with Gasteiger partial charge in [0.25, 0.3) is 0 Å². The maximum atomic E-state index is 13.0. The normalized spacial score (nSPS) is 18.3. The predicted molar refractivity (Wildman–Crippen MR) is 123 cm³/mol. The fourth-order valence-electron chi connectivity index (χ4n) is 3.87. The van der Waals surface area contributed by atoms with Gasteiger partial charge >= 0.3 is 0 Å². The largest absolute Gasteiger partial charge is 0.334 e. The molecule has 0 bridgehead atoms. The van der Waals surface area contributed by atoms with Crippen LogP contribution >= 0.6 is 11.8 Å². The van der Waals surface area contributed by atoms with Crippen LogP contribution < -0.4 is 10.2 Å². The number of aliphatic imine (C=N–C) groups is 1. The summed E-state index contributed by atoms with van der Waals surface area (Å²) < 4.78 is 0. The van der Waals surface area contributed by atoms with Gasteiger partial charge in [-0.05, 0) is 62.6 Å². The Hall–Kier alpha value is -2.80. The van der Waals surface area contributed by atoms with E-state index in [0.29, 0.717) is 18.5 Å². The van der Waals surface area contributed by atoms with Crippen molar-refractivity contribution >= 4 is 40.1 Å². The molecule has 2 aromatic carbocycles. The number of amidine groups is 1. The molecule has 2 aromatic rings. The number of anilines is 2. The quantitative estimate of drug-likeness (QED) is 0.809. The van der Waals surface area contributed by atoms with Crippen LogP contribution in [0.4, 0.5) is 11.4 Å². The number of aryl methyl sites for hydroxylation is 4. The van der Waals surface area contributed by atoms with Crippen LogP contribution in [0.3, 0.4) is 0 Å². The Morgan fingerprint density at radius 2 is 1.83 bits per heavy atom. The number of amides is 2. The molecular formula is C23H26N4O2S. The molecule has 156 valence electrons. The molecule has 1 atom stereocenters. The van der Waals surface area contributed by atoms with Gasteiger partial charge in [-0.2, -0.15) is 0 Å². The average molecular weight is 423 g/mol. The van der Waals surface area contributed by atoms with Crippen LogP contribution in [0.2, 0.25) is 0 Å². The first kappa shape index (κ1) is 20.5. The van der Waals surface area contributed by atoms with E-state index in [2.05, 4.69) is 47.3 Å². The van der Waals surface area contributed by atoms with E-state index in [1.165, 1.54) is 22.9 Å². The summed E-state index contributed by atoms with van der Waals surface area (Å²) in [6, 6.07) is 12.2. The Morgan fingerprint density at radius 1 is 1.10 bits per heavy atom. The molecule has 2 aliphatic rings. The summed E-state index contributed by atoms with van der Waals surface area (Å²) in [5.41, 5.74) is 6.38. The lowest BCUT2D eigenvalue weighted by Crippen LogP contribution is -2.46. The average Bonchev–Trinajstić information content (AvgIpc) is 2.98. The van der Waals surface area contributed by atoms with E-state index in [4.69, 9.17) is 0 Å². The molecule has 0 aliphatic carbocycles. The summed E-state index contributed by atoms with van der Waals surface area (Å²) in [6.07, 6.45) is 0.135. The second-order valence-electron chi connectivity index (χ2n) is 8.05. The van der Waals surface area contributed by atoms with E-state index in [-0.39, 0.29) is 18.2 Å². The fraction of sp³-hybridized carbons (Fsp3) is 0.348. The highest BCUT2D eigenvalue weighted by Gasteiger charge is 2.41. The van der Waals surface area contributed by atoms with Crippen molar-refractivity contribution in [1.82, 2.24) is 4.90 Å². The number of hydrogen-bond acceptors (Lipinski definition) is 5. The molecule has 2 aliphatic heterocycles. The first-order chi connectivity index (χ1) is 14.3. The number of nitrogens with zero attached hydrogens (tertiary/aromatic N) is 3. The smallest absolute Gasteiger partial charge is 0.244 e. The van der Waals surface area contributed by atoms with Gasteiger partial charge in [-0.25, -0.2) is 4.99 Å². The molecule has 0 saturated carbocycles. The van der Waals surface area contributed by atoms with Crippen LogP contribution in [0.5, 0.6) is 0 Å². The molecule has 4 rings (SSSR count). The minimum absolute atomic E-state index is 0.0522. The summed E-state index contributed by atoms with van der Waals surface area (Å²) in [7, 11) is 0. The molecule has 6 nitrogen and oxygen atoms in total. The number of rotatable bonds is 4. The van der Waals surface area contributed by atoms with E-state index in [1.54, 1.807) is 4.90 Å². The monoisotopic (exact) mass is 422 g/mol. The van der Waals surface area contributed by atoms with Crippen molar-refractivity contribution in [2.45, 2.75) is 39.4 Å². The summed E-state index contributed by atoms with van der Waals surface area (Å²) in [6.45, 7) is 9.09. The number of carbonyl (C=O) groups excluding carboxylic acids is 2. The van der Waals surface area contributed by atoms with Crippen molar-refractivity contribution in [3.05, 3.63) is 58.7 Å². The maximum absolute atomic E-state index is 13.0. The second-order valence-corrected chi connectivity index (χ2v) is 9.22. The zero-order valence-corrected chi connectivity index (χ0v) is 18.5. The van der Waals surface area contributed by atoms with Crippen LogP contribution in [0, 0.1) is 27.7 Å². The number of thioether (sulfide) groups is 1. The van der Waals surface area contributed by atoms with Crippen molar-refractivity contribution in [3.63, 3.8) is 0 Å². The van der Waals surface area contributed by atoms with Crippen molar-refractivity contribution in [3.8, 4) is 0 Å². The molecule has 30 heavy (non-hydrogen) atoms. The molecule has 7 heteroatoms. The van der Waals surface area contributed by atoms with Crippen molar-refractivity contribution in [2.75, 3.05) is 23.6 Å². The third-order valence-corrected chi connectivity index (χ3v) is 6.52. The Morgan fingerprint density at radius 3 is 2.53 bits per heavy atom. The van der Waals surface area contributed by atoms with Gasteiger partial charge in [0.05, 0.1) is 0 Å². The lowest BCUT2D eigenvalue weighted by atomic mass is 10.1. The van der Waals surface area contributed by atoms with Gasteiger partial charge < -0.3 is 10.2 Å². The molecule has 1 N–H and O–H groups in total. The third kappa shape index (κ3) is 4.21. The third-order valence-electron chi connectivity index (χ3n) is 5.31. The molecule has 0 unspecified atom stereocenters. The molecule has 2 amide bonds. The molecule has 2 heterocycles. The zero-order valence-electron chi connectivity index (χ0n) is 17.7. The van der Waals surface area contributed by atoms with Crippen molar-refractivity contribution in [2.24, 2.45) is 4.99 Å². The highest BCUT2D eigenvalue weighted by molar-refractivity contribution is 8.15. The summed E-state index contributed by atoms with van der Waals surface area (Å²) in [5, 5.41) is 3.22. The standard InChI is InChI=1S/C23H26N4O2S/c1-14-5-6-19(17(4)8-14)25-21(28)11-20-22(29)27-13-26(12-24-23(27)30-20)18-9-15(2)7-16(3)10-18/h5-10,20H,11-13H2,1-4H3,(H,25,28)/t20-/m1/s1. The van der Waals surface area contributed by atoms with Gasteiger partial charge in [0, 0.05) is 17.8 Å². The van der Waals surface area contributed by atoms with E-state index in [1.807, 2.05) is 32.0 Å². The van der Waals surface area contributed by atoms with Gasteiger partial charge in [-0.3, -0.25) is 14.5 Å². The molecule has 0 radical (unpaired) electrons. The number of nitrogens with one attached hydrogen (secondary N) is 1. The fourth-order valence-corrected chi connectivity index (χ4v) is 5.00. The van der Waals surface area contributed by atoms with Gasteiger partial charge in [0.2, 0.25) is 11.8 Å². The van der Waals surface area contributed by atoms with Gasteiger partial charge in [-0.1, -0.05) is 35.5 Å². The first-order valence-corrected chi connectivity index (χ1v) is 10.9. The van der Waals surface area contributed by atoms with Gasteiger partial charge in [-0.15, -0.1) is 0 Å². The number of fused-ring (bicyclic) bond motifs is 1. The highest BCUT2D eigenvalue weighted by atomic mass is 32.2. The minimum Gasteiger partial charge on any atom is -0.334 e. The Labute approximate surface area is 181 Å². The molecule has 1 fully saturated rings. The number of hydrogen-bond donors (Lipinski definition) is 1. The van der Waals surface area contributed by atoms with E-state index < -0.39 is 5.25 Å². The lowest BCUT2D eigenvalue weighted by Gasteiger charge is -2.32. The summed E-state index contributed by atoms with van der Waals surface area (Å²) in [5.74, 6) is -0.206. The molecule has 1 saturated heterocycles. The van der Waals surface area contributed by atoms with E-state index in [0.717, 1.165) is 22.5 Å². The van der Waals surface area contributed by atoms with Gasteiger partial charge in [0.1, 0.15) is 18.6 Å². The first-order valence-electron chi connectivity index (χ1n) is 10.0. The second kappa shape index (κ2) is 8.14. The highest BCUT2D eigenvalue weighted by Crippen LogP contribution is 2.33. The Kier molecular flexibility index (Phi) is 5.56. The maximum Gasteiger partial charge on any atom is 0.244 e. The number of carbonyl (C=O) groups is 2. The van der Waals surface area contributed by atoms with Crippen LogP contribution in [-0.4, -0.2) is 40.5 Å². The van der Waals surface area contributed by atoms with Crippen LogP contribution in [-0.2, 0) is 9.59 Å². The minimum atomic E-state index is -0.436. The van der Waals surface area contributed by atoms with Crippen LogP contribution in [0.25, 0.3) is 0 Å². The SMILES string of the molecule is Cc1cc(C)cc(N2CN=C3S[C@H](CC(=O)Nc4ccc(C)cc4C)C(=O)N3C2)c1. The topological polar surface area (TPSA) is 65.0 Å². The van der Waals surface area contributed by atoms with Crippen molar-refractivity contribution in [1.29, 1.82) is 0 Å². The van der Waals surface area contributed by atoms with Crippen LogP contribution in [0.15, 0.2) is 41.4 Å². The zero-order chi connectivity index (χ0) is 21.4. The Bertz CT molecular complexity index is 1030. The predicted octanol–water partition coefficient (Wildman–Crippen LogP) is 3.98. The molecular weight excluding hydrogens is 396 g/mol. The van der Waals surface area contributed by atoms with E-state index >= 15 is 0 Å². The Balaban J connectivity index is 1.42. The lowest BCUT2D eigenvalue weighted by molar-refractivity contribution is -0.128. The number of benzene rings is 2. The summed E-state index contributed by atoms with van der Waals surface area (Å²) >= 11 is 1.39. The van der Waals surface area contributed by atoms with E-state index in [9.17, 15) is 9.59 Å². The summed E-state index contributed by atoms with van der Waals surface area (Å²) in [4.78, 5) is 33.9. The molecule has 0 aromatic heterocycles. The van der Waals surface area contributed by atoms with Gasteiger partial charge in [0.15, 0.2) is 5.17 Å².